The number of hydrogen-bond donors (Lipinski definition) is 1. The van der Waals surface area contributed by atoms with Crippen LogP contribution in [0, 0.1) is 13.8 Å². The van der Waals surface area contributed by atoms with Gasteiger partial charge in [-0.25, -0.2) is 4.98 Å². The lowest BCUT2D eigenvalue weighted by atomic mass is 9.43. The first-order valence-corrected chi connectivity index (χ1v) is 10.7. The average Bonchev–Trinajstić information content (AvgIpc) is 3.24. The Morgan fingerprint density at radius 2 is 1.37 bits per heavy atom. The van der Waals surface area contributed by atoms with Crippen LogP contribution in [0.4, 0.5) is 0 Å². The summed E-state index contributed by atoms with van der Waals surface area (Å²) in [5.74, 6) is 1.03. The highest BCUT2D eigenvalue weighted by Gasteiger charge is 2.13. The second kappa shape index (κ2) is 10.5. The van der Waals surface area contributed by atoms with Crippen molar-refractivity contribution in [2.24, 2.45) is 0 Å². The van der Waals surface area contributed by atoms with Gasteiger partial charge in [0.15, 0.2) is 0 Å². The lowest BCUT2D eigenvalue weighted by Crippen LogP contribution is -2.39. The fourth-order valence-electron chi connectivity index (χ4n) is 3.43. The predicted octanol–water partition coefficient (Wildman–Crippen LogP) is 5.85. The fourth-order valence-corrected chi connectivity index (χ4v) is 3.83. The van der Waals surface area contributed by atoms with Crippen LogP contribution in [0.2, 0.25) is 16.9 Å². The van der Waals surface area contributed by atoms with E-state index in [9.17, 15) is 0 Å². The van der Waals surface area contributed by atoms with E-state index in [-0.39, 0.29) is 0 Å². The smallest absolute Gasteiger partial charge is 0.206 e. The molecule has 1 aromatic heterocycles. The van der Waals surface area contributed by atoms with Crippen LogP contribution in [0.3, 0.4) is 0 Å². The maximum absolute atomic E-state index is 5.98. The largest absolute Gasteiger partial charge is 0.348 e. The summed E-state index contributed by atoms with van der Waals surface area (Å²) in [4.78, 5) is 7.37. The molecule has 4 rings (SSSR count). The quantitative estimate of drug-likeness (QED) is 0.401. The summed E-state index contributed by atoms with van der Waals surface area (Å²) in [5, 5.41) is 1.54. The molecule has 0 saturated carbocycles. The van der Waals surface area contributed by atoms with E-state index in [0.717, 1.165) is 22.3 Å². The Morgan fingerprint density at radius 3 is 1.83 bits per heavy atom. The molecule has 0 bridgehead atoms. The van der Waals surface area contributed by atoms with Gasteiger partial charge in [0.1, 0.15) is 5.82 Å². The second-order valence-corrected chi connectivity index (χ2v) is 8.29. The van der Waals surface area contributed by atoms with Gasteiger partial charge in [-0.2, -0.15) is 0 Å². The molecule has 0 unspecified atom stereocenters. The van der Waals surface area contributed by atoms with Crippen molar-refractivity contribution in [3.8, 4) is 0 Å². The highest BCUT2D eigenvalue weighted by Crippen LogP contribution is 2.15. The Morgan fingerprint density at radius 1 is 0.833 bits per heavy atom. The van der Waals surface area contributed by atoms with Crippen LogP contribution in [0.5, 0.6) is 0 Å². The molecule has 1 heterocycles. The summed E-state index contributed by atoms with van der Waals surface area (Å²) < 4.78 is 0. The van der Waals surface area contributed by atoms with Gasteiger partial charge in [0.05, 0.1) is 0 Å². The predicted molar refractivity (Wildman–Crippen MR) is 131 cm³/mol. The SMILES string of the molecule is CB(c1cccc(Cl)c1)c1cccc(Cl)c1.Cc1cccc(C)c1Cc1ncc[nH]1. The number of nitrogens with one attached hydrogen (secondary N) is 1. The third-order valence-electron chi connectivity index (χ3n) is 5.24. The molecule has 5 heteroatoms. The van der Waals surface area contributed by atoms with Crippen LogP contribution in [0.1, 0.15) is 22.5 Å². The minimum Gasteiger partial charge on any atom is -0.348 e. The monoisotopic (exact) mass is 434 g/mol. The molecule has 0 fully saturated rings. The number of halogens is 2. The molecule has 0 amide bonds. The van der Waals surface area contributed by atoms with E-state index in [0.29, 0.717) is 6.71 Å². The van der Waals surface area contributed by atoms with Crippen molar-refractivity contribution in [2.75, 3.05) is 0 Å². The van der Waals surface area contributed by atoms with Crippen LogP contribution >= 0.6 is 23.2 Å². The summed E-state index contributed by atoms with van der Waals surface area (Å²) in [5.41, 5.74) is 6.45. The van der Waals surface area contributed by atoms with E-state index < -0.39 is 0 Å². The summed E-state index contributed by atoms with van der Waals surface area (Å²) in [7, 11) is 0. The van der Waals surface area contributed by atoms with E-state index in [1.807, 2.05) is 42.6 Å². The summed E-state index contributed by atoms with van der Waals surface area (Å²) >= 11 is 12.0. The molecule has 0 atom stereocenters. The Labute approximate surface area is 189 Å². The summed E-state index contributed by atoms with van der Waals surface area (Å²) in [6.07, 6.45) is 4.55. The molecule has 4 aromatic rings. The zero-order valence-corrected chi connectivity index (χ0v) is 19.0. The number of benzene rings is 3. The van der Waals surface area contributed by atoms with E-state index in [4.69, 9.17) is 23.2 Å². The van der Waals surface area contributed by atoms with Crippen molar-refractivity contribution >= 4 is 40.8 Å². The standard InChI is InChI=1S/C13H11BCl2.C12H14N2/c1-14(10-4-2-6-12(15)8-10)11-5-3-7-13(16)9-11;1-9-4-3-5-10(2)11(9)8-12-13-6-7-14-12/h2-9H,1H3;3-7H,8H2,1-2H3,(H,13,14). The minimum absolute atomic E-state index is 0.303. The van der Waals surface area contributed by atoms with Gasteiger partial charge in [-0.15, -0.1) is 0 Å². The first kappa shape index (κ1) is 22.2. The fraction of sp³-hybridized carbons (Fsp3) is 0.160. The molecule has 0 aliphatic rings. The van der Waals surface area contributed by atoms with Gasteiger partial charge in [0, 0.05) is 28.9 Å². The van der Waals surface area contributed by atoms with Crippen molar-refractivity contribution in [3.05, 3.63) is 112 Å². The molecular formula is C25H25BCl2N2. The molecule has 0 saturated heterocycles. The molecule has 152 valence electrons. The van der Waals surface area contributed by atoms with Crippen molar-refractivity contribution in [1.29, 1.82) is 0 Å². The second-order valence-electron chi connectivity index (χ2n) is 7.41. The number of rotatable bonds is 4. The van der Waals surface area contributed by atoms with Crippen LogP contribution < -0.4 is 10.9 Å². The van der Waals surface area contributed by atoms with E-state index >= 15 is 0 Å². The Bertz CT molecular complexity index is 1030. The van der Waals surface area contributed by atoms with Gasteiger partial charge in [-0.3, -0.25) is 0 Å². The topological polar surface area (TPSA) is 28.7 Å². The van der Waals surface area contributed by atoms with Crippen molar-refractivity contribution in [2.45, 2.75) is 27.1 Å². The molecule has 3 aromatic carbocycles. The number of hydrogen-bond acceptors (Lipinski definition) is 1. The molecule has 0 aliphatic carbocycles. The zero-order chi connectivity index (χ0) is 21.5. The van der Waals surface area contributed by atoms with Gasteiger partial charge >= 0.3 is 0 Å². The number of aromatic nitrogens is 2. The third-order valence-corrected chi connectivity index (χ3v) is 5.71. The number of imidazole rings is 1. The number of aryl methyl sites for hydroxylation is 2. The van der Waals surface area contributed by atoms with Crippen LogP contribution in [-0.4, -0.2) is 16.7 Å². The summed E-state index contributed by atoms with van der Waals surface area (Å²) in [6.45, 7) is 6.74. The van der Waals surface area contributed by atoms with E-state index in [1.54, 1.807) is 6.20 Å². The molecule has 2 nitrogen and oxygen atoms in total. The van der Waals surface area contributed by atoms with Crippen LogP contribution in [0.25, 0.3) is 0 Å². The van der Waals surface area contributed by atoms with Crippen molar-refractivity contribution < 1.29 is 0 Å². The first-order valence-electron chi connectivity index (χ1n) is 9.98. The van der Waals surface area contributed by atoms with Gasteiger partial charge in [-0.1, -0.05) is 83.4 Å². The number of H-pyrrole nitrogens is 1. The maximum atomic E-state index is 5.98. The van der Waals surface area contributed by atoms with Gasteiger partial charge in [0.2, 0.25) is 6.71 Å². The molecule has 0 spiro atoms. The molecule has 0 radical (unpaired) electrons. The van der Waals surface area contributed by atoms with Crippen LogP contribution in [-0.2, 0) is 6.42 Å². The van der Waals surface area contributed by atoms with Crippen LogP contribution in [0.15, 0.2) is 79.1 Å². The van der Waals surface area contributed by atoms with Crippen molar-refractivity contribution in [3.63, 3.8) is 0 Å². The normalized spacial score (nSPS) is 10.3. The van der Waals surface area contributed by atoms with Gasteiger partial charge < -0.3 is 4.98 Å². The number of nitrogens with zero attached hydrogens (tertiary/aromatic N) is 1. The van der Waals surface area contributed by atoms with Gasteiger partial charge in [-0.05, 0) is 54.8 Å². The van der Waals surface area contributed by atoms with Gasteiger partial charge in [0.25, 0.3) is 0 Å². The van der Waals surface area contributed by atoms with E-state index in [2.05, 4.69) is 61.0 Å². The highest BCUT2D eigenvalue weighted by molar-refractivity contribution is 6.84. The molecule has 0 aliphatic heterocycles. The van der Waals surface area contributed by atoms with E-state index in [1.165, 1.54) is 27.6 Å². The first-order chi connectivity index (χ1) is 14.4. The minimum atomic E-state index is 0.303. The highest BCUT2D eigenvalue weighted by atomic mass is 35.5. The average molecular weight is 435 g/mol. The lowest BCUT2D eigenvalue weighted by Gasteiger charge is -2.09. The molecule has 1 N–H and O–H groups in total. The number of aromatic amines is 1. The Hall–Kier alpha value is -2.49. The van der Waals surface area contributed by atoms with Crippen molar-refractivity contribution in [1.82, 2.24) is 9.97 Å². The third kappa shape index (κ3) is 6.01. The summed E-state index contributed by atoms with van der Waals surface area (Å²) in [6, 6.07) is 22.2. The molecule has 30 heavy (non-hydrogen) atoms. The zero-order valence-electron chi connectivity index (χ0n) is 17.5. The lowest BCUT2D eigenvalue weighted by molar-refractivity contribution is 1.00. The Kier molecular flexibility index (Phi) is 7.78. The Balaban J connectivity index is 0.000000172. The maximum Gasteiger partial charge on any atom is 0.206 e. The molecular weight excluding hydrogens is 410 g/mol.